The van der Waals surface area contributed by atoms with Crippen molar-refractivity contribution in [3.8, 4) is 0 Å². The number of carbonyl (C=O) groups is 2. The number of carboxylic acid groups (broad SMARTS) is 1. The van der Waals surface area contributed by atoms with Crippen LogP contribution in [-0.4, -0.2) is 22.6 Å². The highest BCUT2D eigenvalue weighted by Crippen LogP contribution is 2.58. The number of hydrogen-bond donors (Lipinski definition) is 1. The van der Waals surface area contributed by atoms with Gasteiger partial charge in [-0.25, -0.2) is 0 Å². The number of rotatable bonds is 3. The molecule has 4 nitrogen and oxygen atoms in total. The van der Waals surface area contributed by atoms with E-state index >= 15 is 0 Å². The summed E-state index contributed by atoms with van der Waals surface area (Å²) < 4.78 is 5.40. The molecule has 0 unspecified atom stereocenters. The minimum Gasteiger partial charge on any atom is -0.481 e. The summed E-state index contributed by atoms with van der Waals surface area (Å²) in [5.41, 5.74) is -0.947. The highest BCUT2D eigenvalue weighted by Gasteiger charge is 2.53. The third-order valence-electron chi connectivity index (χ3n) is 4.79. The number of aliphatic carboxylic acids is 1. The van der Waals surface area contributed by atoms with E-state index in [2.05, 4.69) is 0 Å². The topological polar surface area (TPSA) is 63.6 Å². The molecule has 2 bridgehead atoms. The first-order chi connectivity index (χ1) is 8.67. The molecule has 19 heavy (non-hydrogen) atoms. The maximum absolute atomic E-state index is 12.0. The Bertz CT molecular complexity index is 367. The van der Waals surface area contributed by atoms with Gasteiger partial charge in [0.25, 0.3) is 0 Å². The van der Waals surface area contributed by atoms with Gasteiger partial charge in [0.15, 0.2) is 0 Å². The van der Waals surface area contributed by atoms with Crippen molar-refractivity contribution in [3.63, 3.8) is 0 Å². The third-order valence-corrected chi connectivity index (χ3v) is 4.79. The molecule has 0 aromatic carbocycles. The van der Waals surface area contributed by atoms with Gasteiger partial charge in [-0.3, -0.25) is 9.59 Å². The summed E-state index contributed by atoms with van der Waals surface area (Å²) in [7, 11) is 0. The lowest BCUT2D eigenvalue weighted by Gasteiger charge is -2.51. The molecule has 3 rings (SSSR count). The van der Waals surface area contributed by atoms with Crippen molar-refractivity contribution in [2.45, 2.75) is 71.3 Å². The van der Waals surface area contributed by atoms with Crippen molar-refractivity contribution in [3.05, 3.63) is 0 Å². The molecule has 3 aliphatic rings. The Kier molecular flexibility index (Phi) is 3.40. The second kappa shape index (κ2) is 4.50. The van der Waals surface area contributed by atoms with Crippen LogP contribution in [0.1, 0.15) is 65.7 Å². The van der Waals surface area contributed by atoms with Crippen molar-refractivity contribution < 1.29 is 19.4 Å². The smallest absolute Gasteiger partial charge is 0.309 e. The highest BCUT2D eigenvalue weighted by molar-refractivity contribution is 5.76. The van der Waals surface area contributed by atoms with E-state index in [4.69, 9.17) is 4.74 Å². The average Bonchev–Trinajstić information content (AvgIpc) is 2.27. The van der Waals surface area contributed by atoms with E-state index in [0.29, 0.717) is 25.7 Å². The predicted octanol–water partition coefficient (Wildman–Crippen LogP) is 3.14. The lowest BCUT2D eigenvalue weighted by molar-refractivity contribution is -0.166. The lowest BCUT2D eigenvalue weighted by Crippen LogP contribution is -2.47. The minimum absolute atomic E-state index is 0.000463. The molecule has 0 atom stereocenters. The summed E-state index contributed by atoms with van der Waals surface area (Å²) >= 11 is 0. The summed E-state index contributed by atoms with van der Waals surface area (Å²) in [6, 6.07) is 0. The fourth-order valence-corrected chi connectivity index (χ4v) is 3.53. The van der Waals surface area contributed by atoms with Gasteiger partial charge in [-0.05, 0) is 64.7 Å². The molecule has 0 aliphatic heterocycles. The Labute approximate surface area is 114 Å². The van der Waals surface area contributed by atoms with Crippen LogP contribution in [0.15, 0.2) is 0 Å². The molecule has 3 fully saturated rings. The first kappa shape index (κ1) is 14.4. The van der Waals surface area contributed by atoms with Crippen molar-refractivity contribution in [2.24, 2.45) is 10.8 Å². The maximum atomic E-state index is 12.0. The molecule has 1 N–H and O–H groups in total. The van der Waals surface area contributed by atoms with Crippen LogP contribution in [0.3, 0.4) is 0 Å². The first-order valence-electron chi connectivity index (χ1n) is 7.12. The fraction of sp³-hybridized carbons (Fsp3) is 0.867. The Morgan fingerprint density at radius 1 is 1.05 bits per heavy atom. The molecule has 108 valence electrons. The van der Waals surface area contributed by atoms with Crippen LogP contribution in [0.4, 0.5) is 0 Å². The van der Waals surface area contributed by atoms with E-state index in [1.165, 1.54) is 0 Å². The summed E-state index contributed by atoms with van der Waals surface area (Å²) in [6.07, 6.45) is 5.12. The van der Waals surface area contributed by atoms with E-state index in [1.54, 1.807) is 0 Å². The molecule has 0 aromatic heterocycles. The molecule has 0 spiro atoms. The molecule has 0 heterocycles. The molecule has 4 heteroatoms. The minimum atomic E-state index is -0.655. The zero-order valence-corrected chi connectivity index (χ0v) is 12.1. The van der Waals surface area contributed by atoms with Crippen LogP contribution in [0, 0.1) is 10.8 Å². The number of carbonyl (C=O) groups excluding carboxylic acids is 1. The van der Waals surface area contributed by atoms with E-state index < -0.39 is 17.0 Å². The van der Waals surface area contributed by atoms with Crippen LogP contribution in [-0.2, 0) is 14.3 Å². The van der Waals surface area contributed by atoms with Gasteiger partial charge in [0, 0.05) is 0 Å². The summed E-state index contributed by atoms with van der Waals surface area (Å²) in [4.78, 5) is 23.3. The van der Waals surface area contributed by atoms with Gasteiger partial charge in [-0.15, -0.1) is 0 Å². The monoisotopic (exact) mass is 268 g/mol. The van der Waals surface area contributed by atoms with Crippen LogP contribution < -0.4 is 0 Å². The molecule has 0 saturated heterocycles. The molecule has 0 amide bonds. The summed E-state index contributed by atoms with van der Waals surface area (Å²) in [5.74, 6) is -0.796. The number of fused-ring (bicyclic) bond motifs is 3. The van der Waals surface area contributed by atoms with Crippen LogP contribution in [0.5, 0.6) is 0 Å². The van der Waals surface area contributed by atoms with Gasteiger partial charge in [-0.1, -0.05) is 0 Å². The molecule has 0 aromatic rings. The van der Waals surface area contributed by atoms with Crippen molar-refractivity contribution in [1.82, 2.24) is 0 Å². The van der Waals surface area contributed by atoms with E-state index in [0.717, 1.165) is 19.3 Å². The van der Waals surface area contributed by atoms with Gasteiger partial charge in [0.2, 0.25) is 0 Å². The zero-order valence-electron chi connectivity index (χ0n) is 12.1. The predicted molar refractivity (Wildman–Crippen MR) is 70.7 cm³/mol. The van der Waals surface area contributed by atoms with Gasteiger partial charge in [0.05, 0.1) is 11.8 Å². The molecule has 3 aliphatic carbocycles. The molecular weight excluding hydrogens is 244 g/mol. The third kappa shape index (κ3) is 2.93. The standard InChI is InChI=1S/C15H24O4/c1-13(2,3)19-11(16)10-14-4-7-15(8-5-14,9-6-14)12(17)18/h4-10H2,1-3H3,(H,17,18). The van der Waals surface area contributed by atoms with Crippen LogP contribution >= 0.6 is 0 Å². The summed E-state index contributed by atoms with van der Waals surface area (Å²) in [5, 5.41) is 9.34. The van der Waals surface area contributed by atoms with E-state index in [1.807, 2.05) is 20.8 Å². The molecule has 0 radical (unpaired) electrons. The van der Waals surface area contributed by atoms with Crippen molar-refractivity contribution in [1.29, 1.82) is 0 Å². The maximum Gasteiger partial charge on any atom is 0.309 e. The summed E-state index contributed by atoms with van der Waals surface area (Å²) in [6.45, 7) is 5.62. The van der Waals surface area contributed by atoms with Gasteiger partial charge < -0.3 is 9.84 Å². The Morgan fingerprint density at radius 2 is 1.53 bits per heavy atom. The highest BCUT2D eigenvalue weighted by atomic mass is 16.6. The lowest BCUT2D eigenvalue weighted by atomic mass is 9.53. The Morgan fingerprint density at radius 3 is 1.89 bits per heavy atom. The molecule has 3 saturated carbocycles. The van der Waals surface area contributed by atoms with E-state index in [9.17, 15) is 14.7 Å². The number of carboxylic acids is 1. The van der Waals surface area contributed by atoms with Crippen molar-refractivity contribution in [2.75, 3.05) is 0 Å². The normalized spacial score (nSPS) is 34.1. The number of esters is 1. The Balaban J connectivity index is 1.97. The van der Waals surface area contributed by atoms with Gasteiger partial charge in [0.1, 0.15) is 5.60 Å². The number of hydrogen-bond acceptors (Lipinski definition) is 3. The number of ether oxygens (including phenoxy) is 1. The SMILES string of the molecule is CC(C)(C)OC(=O)CC12CCC(C(=O)O)(CC1)CC2. The van der Waals surface area contributed by atoms with Crippen LogP contribution in [0.2, 0.25) is 0 Å². The average molecular weight is 268 g/mol. The first-order valence-corrected chi connectivity index (χ1v) is 7.12. The second-order valence-corrected chi connectivity index (χ2v) is 7.35. The van der Waals surface area contributed by atoms with Crippen LogP contribution in [0.25, 0.3) is 0 Å². The Hall–Kier alpha value is -1.06. The van der Waals surface area contributed by atoms with Gasteiger partial charge >= 0.3 is 11.9 Å². The zero-order chi connectivity index (χ0) is 14.3. The second-order valence-electron chi connectivity index (χ2n) is 7.35. The van der Waals surface area contributed by atoms with E-state index in [-0.39, 0.29) is 11.4 Å². The largest absolute Gasteiger partial charge is 0.481 e. The molecular formula is C15H24O4. The van der Waals surface area contributed by atoms with Gasteiger partial charge in [-0.2, -0.15) is 0 Å². The quantitative estimate of drug-likeness (QED) is 0.799. The fourth-order valence-electron chi connectivity index (χ4n) is 3.53. The van der Waals surface area contributed by atoms with Crippen molar-refractivity contribution >= 4 is 11.9 Å².